The third-order valence-corrected chi connectivity index (χ3v) is 3.36. The molecule has 0 aliphatic carbocycles. The molecular formula is C12H23NO5. The van der Waals surface area contributed by atoms with Crippen LogP contribution in [-0.4, -0.2) is 62.8 Å². The molecule has 0 radical (unpaired) electrons. The van der Waals surface area contributed by atoms with Gasteiger partial charge in [0, 0.05) is 26.7 Å². The molecule has 1 heterocycles. The van der Waals surface area contributed by atoms with E-state index in [-0.39, 0.29) is 17.9 Å². The van der Waals surface area contributed by atoms with Crippen LogP contribution in [0, 0.1) is 5.92 Å². The molecule has 0 aromatic carbocycles. The second-order valence-corrected chi connectivity index (χ2v) is 4.99. The van der Waals surface area contributed by atoms with Crippen molar-refractivity contribution in [1.82, 2.24) is 5.32 Å². The van der Waals surface area contributed by atoms with E-state index in [9.17, 15) is 9.90 Å². The average Bonchev–Trinajstić information content (AvgIpc) is 2.37. The molecule has 3 atom stereocenters. The average molecular weight is 261 g/mol. The van der Waals surface area contributed by atoms with Gasteiger partial charge in [0.1, 0.15) is 11.7 Å². The van der Waals surface area contributed by atoms with Crippen LogP contribution in [0.25, 0.3) is 0 Å². The molecule has 1 aliphatic heterocycles. The third-order valence-electron chi connectivity index (χ3n) is 3.36. The number of amides is 1. The molecule has 0 spiro atoms. The standard InChI is InChI=1S/C12H23NO5/c1-12(2,17-4)11(15)13-5-8-6-18-7-9(16-3)10(8)14/h8-10,14H,5-7H2,1-4H3,(H,13,15)/t8-,9-,10+/m1/s1. The molecule has 2 N–H and O–H groups in total. The van der Waals surface area contributed by atoms with E-state index in [2.05, 4.69) is 5.32 Å². The van der Waals surface area contributed by atoms with Gasteiger partial charge in [-0.1, -0.05) is 0 Å². The Morgan fingerprint density at radius 1 is 1.44 bits per heavy atom. The zero-order valence-corrected chi connectivity index (χ0v) is 11.4. The van der Waals surface area contributed by atoms with Gasteiger partial charge in [-0.2, -0.15) is 0 Å². The van der Waals surface area contributed by atoms with Gasteiger partial charge >= 0.3 is 0 Å². The molecule has 1 aliphatic rings. The Kier molecular flexibility index (Phi) is 5.52. The minimum Gasteiger partial charge on any atom is -0.390 e. The summed E-state index contributed by atoms with van der Waals surface area (Å²) in [6, 6.07) is 0. The lowest BCUT2D eigenvalue weighted by Crippen LogP contribution is -2.52. The van der Waals surface area contributed by atoms with Crippen LogP contribution in [0.2, 0.25) is 0 Å². The highest BCUT2D eigenvalue weighted by Crippen LogP contribution is 2.17. The number of hydrogen-bond donors (Lipinski definition) is 2. The predicted molar refractivity (Wildman–Crippen MR) is 65.2 cm³/mol. The molecule has 1 fully saturated rings. The first kappa shape index (κ1) is 15.4. The van der Waals surface area contributed by atoms with Crippen LogP contribution >= 0.6 is 0 Å². The smallest absolute Gasteiger partial charge is 0.251 e. The first-order valence-corrected chi connectivity index (χ1v) is 6.04. The number of aliphatic hydroxyl groups is 1. The monoisotopic (exact) mass is 261 g/mol. The minimum atomic E-state index is -0.874. The van der Waals surface area contributed by atoms with Gasteiger partial charge in [-0.05, 0) is 13.8 Å². The van der Waals surface area contributed by atoms with Crippen molar-refractivity contribution in [2.24, 2.45) is 5.92 Å². The Labute approximate surface area is 108 Å². The van der Waals surface area contributed by atoms with Gasteiger partial charge in [0.25, 0.3) is 5.91 Å². The van der Waals surface area contributed by atoms with E-state index >= 15 is 0 Å². The Bertz CT molecular complexity index is 282. The van der Waals surface area contributed by atoms with Gasteiger partial charge in [-0.15, -0.1) is 0 Å². The highest BCUT2D eigenvalue weighted by atomic mass is 16.5. The van der Waals surface area contributed by atoms with E-state index in [0.29, 0.717) is 19.8 Å². The van der Waals surface area contributed by atoms with Gasteiger partial charge < -0.3 is 24.6 Å². The summed E-state index contributed by atoms with van der Waals surface area (Å²) >= 11 is 0. The Morgan fingerprint density at radius 3 is 2.67 bits per heavy atom. The molecule has 6 nitrogen and oxygen atoms in total. The van der Waals surface area contributed by atoms with Crippen LogP contribution in [0.4, 0.5) is 0 Å². The van der Waals surface area contributed by atoms with Crippen LogP contribution in [0.3, 0.4) is 0 Å². The fraction of sp³-hybridized carbons (Fsp3) is 0.917. The quantitative estimate of drug-likeness (QED) is 0.701. The summed E-state index contributed by atoms with van der Waals surface area (Å²) in [5.74, 6) is -0.378. The largest absolute Gasteiger partial charge is 0.390 e. The van der Waals surface area contributed by atoms with E-state index in [1.54, 1.807) is 13.8 Å². The second kappa shape index (κ2) is 6.47. The number of rotatable bonds is 5. The van der Waals surface area contributed by atoms with Crippen LogP contribution in [0.5, 0.6) is 0 Å². The van der Waals surface area contributed by atoms with Crippen molar-refractivity contribution in [3.63, 3.8) is 0 Å². The Morgan fingerprint density at radius 2 is 2.11 bits per heavy atom. The summed E-state index contributed by atoms with van der Waals surface area (Å²) in [6.07, 6.45) is -0.967. The summed E-state index contributed by atoms with van der Waals surface area (Å²) in [5.41, 5.74) is -0.874. The number of hydrogen-bond acceptors (Lipinski definition) is 5. The van der Waals surface area contributed by atoms with Crippen molar-refractivity contribution in [2.75, 3.05) is 34.0 Å². The molecule has 0 bridgehead atoms. The number of aliphatic hydroxyl groups excluding tert-OH is 1. The summed E-state index contributed by atoms with van der Waals surface area (Å²) in [6.45, 7) is 4.51. The second-order valence-electron chi connectivity index (χ2n) is 4.99. The van der Waals surface area contributed by atoms with E-state index in [1.807, 2.05) is 0 Å². The molecule has 0 aromatic heterocycles. The fourth-order valence-electron chi connectivity index (χ4n) is 1.75. The molecule has 1 saturated heterocycles. The van der Waals surface area contributed by atoms with Gasteiger partial charge in [-0.25, -0.2) is 0 Å². The predicted octanol–water partition coefficient (Wildman–Crippen LogP) is -0.450. The summed E-state index contributed by atoms with van der Waals surface area (Å²) in [5, 5.41) is 12.8. The van der Waals surface area contributed by atoms with E-state index in [1.165, 1.54) is 14.2 Å². The van der Waals surface area contributed by atoms with Gasteiger partial charge in [-0.3, -0.25) is 4.79 Å². The molecule has 6 heteroatoms. The number of methoxy groups -OCH3 is 2. The van der Waals surface area contributed by atoms with Crippen molar-refractivity contribution in [3.8, 4) is 0 Å². The van der Waals surface area contributed by atoms with E-state index in [4.69, 9.17) is 14.2 Å². The number of nitrogens with one attached hydrogen (secondary N) is 1. The maximum Gasteiger partial charge on any atom is 0.251 e. The van der Waals surface area contributed by atoms with Gasteiger partial charge in [0.05, 0.1) is 19.3 Å². The lowest BCUT2D eigenvalue weighted by molar-refractivity contribution is -0.145. The lowest BCUT2D eigenvalue weighted by Gasteiger charge is -2.34. The molecular weight excluding hydrogens is 238 g/mol. The van der Waals surface area contributed by atoms with Crippen LogP contribution in [-0.2, 0) is 19.0 Å². The number of carbonyl (C=O) groups is 1. The molecule has 0 saturated carbocycles. The summed E-state index contributed by atoms with van der Waals surface area (Å²) < 4.78 is 15.5. The first-order chi connectivity index (χ1) is 8.42. The van der Waals surface area contributed by atoms with Crippen molar-refractivity contribution < 1.29 is 24.1 Å². The molecule has 1 amide bonds. The van der Waals surface area contributed by atoms with Crippen molar-refractivity contribution >= 4 is 5.91 Å². The van der Waals surface area contributed by atoms with Crippen molar-refractivity contribution in [1.29, 1.82) is 0 Å². The number of carbonyl (C=O) groups excluding carboxylic acids is 1. The normalized spacial score (nSPS) is 29.1. The first-order valence-electron chi connectivity index (χ1n) is 6.04. The third kappa shape index (κ3) is 3.65. The van der Waals surface area contributed by atoms with E-state index < -0.39 is 11.7 Å². The van der Waals surface area contributed by atoms with Crippen LogP contribution < -0.4 is 5.32 Å². The highest BCUT2D eigenvalue weighted by molar-refractivity contribution is 5.84. The number of ether oxygens (including phenoxy) is 3. The van der Waals surface area contributed by atoms with Gasteiger partial charge in [0.2, 0.25) is 0 Å². The minimum absolute atomic E-state index is 0.166. The lowest BCUT2D eigenvalue weighted by atomic mass is 9.96. The maximum absolute atomic E-state index is 11.8. The Balaban J connectivity index is 2.45. The topological polar surface area (TPSA) is 77.0 Å². The van der Waals surface area contributed by atoms with Crippen LogP contribution in [0.15, 0.2) is 0 Å². The van der Waals surface area contributed by atoms with Crippen LogP contribution in [0.1, 0.15) is 13.8 Å². The molecule has 0 aromatic rings. The zero-order valence-electron chi connectivity index (χ0n) is 11.4. The molecule has 1 rings (SSSR count). The zero-order chi connectivity index (χ0) is 13.8. The van der Waals surface area contributed by atoms with Crippen molar-refractivity contribution in [2.45, 2.75) is 31.7 Å². The summed E-state index contributed by atoms with van der Waals surface area (Å²) in [7, 11) is 3.02. The van der Waals surface area contributed by atoms with Gasteiger partial charge in [0.15, 0.2) is 0 Å². The van der Waals surface area contributed by atoms with Crippen molar-refractivity contribution in [3.05, 3.63) is 0 Å². The maximum atomic E-state index is 11.8. The molecule has 106 valence electrons. The summed E-state index contributed by atoms with van der Waals surface area (Å²) in [4.78, 5) is 11.8. The van der Waals surface area contributed by atoms with E-state index in [0.717, 1.165) is 0 Å². The fourth-order valence-corrected chi connectivity index (χ4v) is 1.75. The molecule has 18 heavy (non-hydrogen) atoms. The molecule has 0 unspecified atom stereocenters. The Hall–Kier alpha value is -0.690. The SMILES string of the molecule is CO[C@@H]1COC[C@@H](CNC(=O)C(C)(C)OC)[C@@H]1O. The highest BCUT2D eigenvalue weighted by Gasteiger charge is 2.34.